The molecule has 3 nitrogen and oxygen atoms in total. The maximum atomic E-state index is 14.7. The van der Waals surface area contributed by atoms with Gasteiger partial charge in [0.15, 0.2) is 16.6 Å². The number of hydrogen-bond acceptors (Lipinski definition) is 3. The van der Waals surface area contributed by atoms with Gasteiger partial charge in [-0.05, 0) is 53.8 Å². The Morgan fingerprint density at radius 2 is 1.26 bits per heavy atom. The molecule has 0 spiro atoms. The molecule has 1 saturated carbocycles. The minimum atomic E-state index is -2.87. The number of allylic oxidation sites excluding steroid dienone is 1. The Balaban J connectivity index is 2.01. The van der Waals surface area contributed by atoms with Crippen LogP contribution in [-0.4, -0.2) is 35.0 Å². The molecule has 39 heavy (non-hydrogen) atoms. The molecule has 0 amide bonds. The van der Waals surface area contributed by atoms with Crippen LogP contribution in [0.5, 0.6) is 0 Å². The van der Waals surface area contributed by atoms with Crippen molar-refractivity contribution in [3.05, 3.63) is 84.5 Å². The van der Waals surface area contributed by atoms with Crippen LogP contribution in [0.4, 0.5) is 0 Å². The van der Waals surface area contributed by atoms with Crippen LogP contribution in [0.25, 0.3) is 0 Å². The number of hydrogen-bond donors (Lipinski definition) is 0. The van der Waals surface area contributed by atoms with Crippen LogP contribution < -0.4 is 10.6 Å². The van der Waals surface area contributed by atoms with Crippen LogP contribution in [0.15, 0.2) is 84.5 Å². The lowest BCUT2D eigenvalue weighted by atomic mass is 9.86. The molecule has 0 bridgehead atoms. The first-order chi connectivity index (χ1) is 17.9. The Hall–Kier alpha value is -1.50. The Morgan fingerprint density at radius 3 is 1.69 bits per heavy atom. The highest BCUT2D eigenvalue weighted by Gasteiger charge is 2.44. The molecule has 0 radical (unpaired) electrons. The largest absolute Gasteiger partial charge is 0.413 e. The van der Waals surface area contributed by atoms with Crippen molar-refractivity contribution in [2.24, 2.45) is 0 Å². The molecule has 0 aromatic heterocycles. The van der Waals surface area contributed by atoms with E-state index in [4.69, 9.17) is 8.85 Å². The minimum Gasteiger partial charge on any atom is -0.413 e. The van der Waals surface area contributed by atoms with Gasteiger partial charge in [0.05, 0.1) is 12.2 Å². The predicted molar refractivity (Wildman–Crippen MR) is 175 cm³/mol. The zero-order valence-corrected chi connectivity index (χ0v) is 28.9. The topological polar surface area (TPSA) is 35.5 Å². The zero-order valence-electron chi connectivity index (χ0n) is 26.0. The molecule has 0 N–H and O–H groups in total. The quantitative estimate of drug-likeness (QED) is 0.230. The van der Waals surface area contributed by atoms with Gasteiger partial charge in [0.25, 0.3) is 0 Å². The summed E-state index contributed by atoms with van der Waals surface area (Å²) in [5.74, 6) is 0. The Bertz CT molecular complexity index is 1160. The van der Waals surface area contributed by atoms with Crippen molar-refractivity contribution in [1.29, 1.82) is 0 Å². The van der Waals surface area contributed by atoms with E-state index >= 15 is 0 Å². The fourth-order valence-corrected chi connectivity index (χ4v) is 9.71. The molecule has 0 unspecified atom stereocenters. The van der Waals surface area contributed by atoms with Crippen molar-refractivity contribution in [1.82, 2.24) is 0 Å². The van der Waals surface area contributed by atoms with Crippen molar-refractivity contribution >= 4 is 34.4 Å². The highest BCUT2D eigenvalue weighted by molar-refractivity contribution is 7.78. The zero-order chi connectivity index (χ0) is 29.3. The van der Waals surface area contributed by atoms with E-state index in [1.54, 1.807) is 0 Å². The van der Waals surface area contributed by atoms with Crippen molar-refractivity contribution < 1.29 is 13.4 Å². The molecule has 1 fully saturated rings. The molecule has 0 saturated heterocycles. The number of benzene rings is 2. The first-order valence-corrected chi connectivity index (χ1v) is 22.0. The van der Waals surface area contributed by atoms with Gasteiger partial charge in [-0.1, -0.05) is 115 Å². The molecule has 3 rings (SSSR count). The molecule has 0 aliphatic heterocycles. The molecule has 0 heterocycles. The summed E-state index contributed by atoms with van der Waals surface area (Å²) in [6, 6.07) is 19.8. The van der Waals surface area contributed by atoms with E-state index in [1.807, 2.05) is 60.7 Å². The normalized spacial score (nSPS) is 20.9. The van der Waals surface area contributed by atoms with Gasteiger partial charge < -0.3 is 13.4 Å². The van der Waals surface area contributed by atoms with Crippen LogP contribution in [0.3, 0.4) is 0 Å². The van der Waals surface area contributed by atoms with Crippen molar-refractivity contribution in [3.63, 3.8) is 0 Å². The van der Waals surface area contributed by atoms with Gasteiger partial charge in [-0.2, -0.15) is 0 Å². The second kappa shape index (κ2) is 11.8. The van der Waals surface area contributed by atoms with Crippen molar-refractivity contribution in [2.75, 3.05) is 6.16 Å². The van der Waals surface area contributed by atoms with E-state index in [-0.39, 0.29) is 22.3 Å². The Labute approximate surface area is 240 Å². The molecule has 1 aliphatic carbocycles. The monoisotopic (exact) mass is 582 g/mol. The minimum absolute atomic E-state index is 0.0604. The van der Waals surface area contributed by atoms with Gasteiger partial charge >= 0.3 is 0 Å². The third kappa shape index (κ3) is 7.43. The maximum Gasteiger partial charge on any atom is 0.192 e. The van der Waals surface area contributed by atoms with E-state index in [2.05, 4.69) is 80.4 Å². The van der Waals surface area contributed by atoms with Crippen LogP contribution in [-0.2, 0) is 13.4 Å². The van der Waals surface area contributed by atoms with Crippen LogP contribution in [0, 0.1) is 0 Å². The smallest absolute Gasteiger partial charge is 0.192 e. The van der Waals surface area contributed by atoms with Crippen LogP contribution in [0.2, 0.25) is 36.3 Å². The fourth-order valence-electron chi connectivity index (χ4n) is 4.53. The molecular weight excluding hydrogens is 532 g/mol. The highest BCUT2D eigenvalue weighted by Crippen LogP contribution is 2.47. The molecule has 2 aromatic carbocycles. The van der Waals surface area contributed by atoms with E-state index in [9.17, 15) is 4.57 Å². The Morgan fingerprint density at radius 1 is 0.821 bits per heavy atom. The third-order valence-corrected chi connectivity index (χ3v) is 21.2. The van der Waals surface area contributed by atoms with Crippen molar-refractivity contribution in [2.45, 2.75) is 103 Å². The van der Waals surface area contributed by atoms with E-state index in [0.717, 1.165) is 34.6 Å². The first kappa shape index (κ1) is 32.0. The maximum absolute atomic E-state index is 14.7. The predicted octanol–water partition coefficient (Wildman–Crippen LogP) is 9.06. The number of rotatable bonds is 8. The summed E-state index contributed by atoms with van der Waals surface area (Å²) < 4.78 is 28.7. The molecular formula is C33H51O3PSi2. The van der Waals surface area contributed by atoms with Gasteiger partial charge in [0.2, 0.25) is 0 Å². The molecule has 2 atom stereocenters. The third-order valence-electron chi connectivity index (χ3n) is 9.18. The second-order valence-corrected chi connectivity index (χ2v) is 26.5. The van der Waals surface area contributed by atoms with Gasteiger partial charge in [0, 0.05) is 23.2 Å². The first-order valence-electron chi connectivity index (χ1n) is 14.3. The van der Waals surface area contributed by atoms with E-state index < -0.39 is 23.8 Å². The lowest BCUT2D eigenvalue weighted by molar-refractivity contribution is 0.0969. The molecule has 214 valence electrons. The Kier molecular flexibility index (Phi) is 9.67. The summed E-state index contributed by atoms with van der Waals surface area (Å²) in [5.41, 5.74) is 2.17. The summed E-state index contributed by atoms with van der Waals surface area (Å²) >= 11 is 0. The van der Waals surface area contributed by atoms with Crippen LogP contribution in [0.1, 0.15) is 54.4 Å². The highest BCUT2D eigenvalue weighted by atomic mass is 31.2. The SMILES string of the molecule is C=C1/C(=C/CP(=O)(c2ccccc2)c2ccccc2)C[C@@H](O[Si](C)(C)C(C)(C)C)C[C@@H]1O[Si](C)(C)C(C)(C)C. The summed E-state index contributed by atoms with van der Waals surface area (Å²) in [6.45, 7) is 27.5. The summed E-state index contributed by atoms with van der Waals surface area (Å²) in [6.07, 6.45) is 4.22. The summed E-state index contributed by atoms with van der Waals surface area (Å²) in [7, 11) is -6.90. The van der Waals surface area contributed by atoms with Gasteiger partial charge in [-0.15, -0.1) is 0 Å². The fraction of sp³-hybridized carbons (Fsp3) is 0.515. The average Bonchev–Trinajstić information content (AvgIpc) is 2.84. The average molecular weight is 583 g/mol. The van der Waals surface area contributed by atoms with E-state index in [0.29, 0.717) is 6.16 Å². The van der Waals surface area contributed by atoms with Gasteiger partial charge in [-0.3, -0.25) is 0 Å². The van der Waals surface area contributed by atoms with Crippen LogP contribution >= 0.6 is 7.14 Å². The second-order valence-electron chi connectivity index (χ2n) is 14.2. The van der Waals surface area contributed by atoms with Gasteiger partial charge in [-0.25, -0.2) is 0 Å². The molecule has 2 aromatic rings. The van der Waals surface area contributed by atoms with Crippen molar-refractivity contribution in [3.8, 4) is 0 Å². The standard InChI is InChI=1S/C33H51O3PSi2/c1-26-27(22-23-37(34,29-18-14-12-15-19-29)30-20-16-13-17-21-30)24-28(35-38(8,9)32(2,3)4)25-31(26)36-39(10,11)33(5,6)7/h12-22,28,31H,1,23-25H2,2-11H3/b27-22+/t28-,31+/m1/s1. The van der Waals surface area contributed by atoms with Gasteiger partial charge in [0.1, 0.15) is 7.14 Å². The summed E-state index contributed by atoms with van der Waals surface area (Å²) in [4.78, 5) is 0. The molecule has 1 aliphatic rings. The lowest BCUT2D eigenvalue weighted by Crippen LogP contribution is -2.49. The molecule has 6 heteroatoms. The lowest BCUT2D eigenvalue weighted by Gasteiger charge is -2.45. The van der Waals surface area contributed by atoms with E-state index in [1.165, 1.54) is 0 Å². The summed E-state index contributed by atoms with van der Waals surface area (Å²) in [5, 5.41) is 1.99.